The average Bonchev–Trinajstić information content (AvgIpc) is 2.09. The number of hydrogen-bond acceptors (Lipinski definition) is 0. The summed E-state index contributed by atoms with van der Waals surface area (Å²) < 4.78 is 0. The predicted molar refractivity (Wildman–Crippen MR) is 59.3 cm³/mol. The van der Waals surface area contributed by atoms with Crippen LogP contribution in [0.2, 0.25) is 10.0 Å². The first kappa shape index (κ1) is 10.6. The van der Waals surface area contributed by atoms with Crippen molar-refractivity contribution < 1.29 is 0 Å². The fourth-order valence-corrected chi connectivity index (χ4v) is 1.60. The van der Waals surface area contributed by atoms with Crippen LogP contribution in [-0.4, -0.2) is 0 Å². The van der Waals surface area contributed by atoms with Crippen LogP contribution in [0.25, 0.3) is 0 Å². The molecular weight excluding hydrogens is 203 g/mol. The third-order valence-corrected chi connectivity index (χ3v) is 2.40. The minimum Gasteiger partial charge on any atom is -0.103 e. The second kappa shape index (κ2) is 4.69. The molecule has 0 heterocycles. The molecule has 0 aliphatic carbocycles. The molecule has 0 aromatic heterocycles. The van der Waals surface area contributed by atoms with Crippen LogP contribution in [0, 0.1) is 5.92 Å². The van der Waals surface area contributed by atoms with Gasteiger partial charge in [-0.15, -0.1) is 6.58 Å². The van der Waals surface area contributed by atoms with Gasteiger partial charge in [0.25, 0.3) is 0 Å². The molecule has 1 aromatic carbocycles. The van der Waals surface area contributed by atoms with Crippen LogP contribution in [0.1, 0.15) is 18.9 Å². The van der Waals surface area contributed by atoms with Gasteiger partial charge in [0.05, 0.1) is 0 Å². The molecule has 0 spiro atoms. The van der Waals surface area contributed by atoms with E-state index in [1.54, 1.807) is 6.07 Å². The third kappa shape index (κ3) is 2.75. The van der Waals surface area contributed by atoms with E-state index in [9.17, 15) is 0 Å². The minimum absolute atomic E-state index is 0.711. The normalized spacial score (nSPS) is 10.5. The van der Waals surface area contributed by atoms with E-state index in [4.69, 9.17) is 23.2 Å². The summed E-state index contributed by atoms with van der Waals surface area (Å²) in [5.41, 5.74) is 1.01. The summed E-state index contributed by atoms with van der Waals surface area (Å²) in [4.78, 5) is 0. The highest BCUT2D eigenvalue weighted by atomic mass is 35.5. The smallest absolute Gasteiger partial charge is 0.0445 e. The molecule has 69 valence electrons. The second-order valence-electron chi connectivity index (χ2n) is 2.90. The lowest BCUT2D eigenvalue weighted by Crippen LogP contribution is -1.93. The van der Waals surface area contributed by atoms with Crippen LogP contribution in [0.3, 0.4) is 0 Å². The molecule has 0 nitrogen and oxygen atoms in total. The maximum absolute atomic E-state index is 6.01. The van der Waals surface area contributed by atoms with Gasteiger partial charge >= 0.3 is 0 Å². The van der Waals surface area contributed by atoms with Crippen molar-refractivity contribution in [1.29, 1.82) is 0 Å². The SMILES string of the molecule is C=CC[C](C)c1cc(Cl)ccc1Cl. The maximum atomic E-state index is 6.01. The summed E-state index contributed by atoms with van der Waals surface area (Å²) in [6, 6.07) is 5.48. The van der Waals surface area contributed by atoms with E-state index in [1.165, 1.54) is 5.92 Å². The highest BCUT2D eigenvalue weighted by molar-refractivity contribution is 6.33. The van der Waals surface area contributed by atoms with Crippen molar-refractivity contribution >= 4 is 23.2 Å². The highest BCUT2D eigenvalue weighted by Crippen LogP contribution is 2.28. The van der Waals surface area contributed by atoms with Crippen molar-refractivity contribution in [2.75, 3.05) is 0 Å². The van der Waals surface area contributed by atoms with Crippen molar-refractivity contribution in [3.05, 3.63) is 52.4 Å². The molecule has 0 fully saturated rings. The Bertz CT molecular complexity index is 305. The van der Waals surface area contributed by atoms with E-state index in [0.717, 1.165) is 17.0 Å². The molecule has 0 saturated heterocycles. The molecule has 0 aliphatic rings. The standard InChI is InChI=1S/C11H11Cl2/c1-3-4-8(2)10-7-9(12)5-6-11(10)13/h3,5-7H,1,4H2,2H3. The second-order valence-corrected chi connectivity index (χ2v) is 3.74. The van der Waals surface area contributed by atoms with E-state index in [1.807, 2.05) is 25.1 Å². The first-order chi connectivity index (χ1) is 6.15. The Balaban J connectivity index is 2.97. The fraction of sp³-hybridized carbons (Fsp3) is 0.182. The third-order valence-electron chi connectivity index (χ3n) is 1.84. The Morgan fingerprint density at radius 2 is 2.15 bits per heavy atom. The lowest BCUT2D eigenvalue weighted by atomic mass is 9.98. The number of allylic oxidation sites excluding steroid dienone is 1. The van der Waals surface area contributed by atoms with Gasteiger partial charge in [-0.2, -0.15) is 0 Å². The predicted octanol–water partition coefficient (Wildman–Crippen LogP) is 4.51. The van der Waals surface area contributed by atoms with Crippen molar-refractivity contribution in [2.24, 2.45) is 0 Å². The van der Waals surface area contributed by atoms with Crippen LogP contribution in [0.5, 0.6) is 0 Å². The van der Waals surface area contributed by atoms with Crippen LogP contribution in [0.15, 0.2) is 30.9 Å². The highest BCUT2D eigenvalue weighted by Gasteiger charge is 2.08. The summed E-state index contributed by atoms with van der Waals surface area (Å²) in [6.07, 6.45) is 2.69. The molecule has 13 heavy (non-hydrogen) atoms. The van der Waals surface area contributed by atoms with Crippen molar-refractivity contribution in [3.63, 3.8) is 0 Å². The fourth-order valence-electron chi connectivity index (χ4n) is 1.15. The topological polar surface area (TPSA) is 0 Å². The number of halogens is 2. The van der Waals surface area contributed by atoms with E-state index in [0.29, 0.717) is 5.02 Å². The van der Waals surface area contributed by atoms with Crippen LogP contribution in [-0.2, 0) is 0 Å². The maximum Gasteiger partial charge on any atom is 0.0445 e. The Hall–Kier alpha value is -0.460. The zero-order chi connectivity index (χ0) is 9.84. The summed E-state index contributed by atoms with van der Waals surface area (Å²) in [7, 11) is 0. The molecular formula is C11H11Cl2. The molecule has 0 atom stereocenters. The lowest BCUT2D eigenvalue weighted by Gasteiger charge is -2.10. The van der Waals surface area contributed by atoms with Gasteiger partial charge in [0.15, 0.2) is 0 Å². The van der Waals surface area contributed by atoms with Gasteiger partial charge in [-0.25, -0.2) is 0 Å². The summed E-state index contributed by atoms with van der Waals surface area (Å²) in [5.74, 6) is 1.18. The van der Waals surface area contributed by atoms with Gasteiger partial charge in [0.2, 0.25) is 0 Å². The zero-order valence-corrected chi connectivity index (χ0v) is 8.99. The molecule has 1 aromatic rings. The summed E-state index contributed by atoms with van der Waals surface area (Å²) >= 11 is 11.9. The number of rotatable bonds is 3. The van der Waals surface area contributed by atoms with Crippen LogP contribution >= 0.6 is 23.2 Å². The van der Waals surface area contributed by atoms with Crippen LogP contribution < -0.4 is 0 Å². The first-order valence-electron chi connectivity index (χ1n) is 4.04. The largest absolute Gasteiger partial charge is 0.103 e. The van der Waals surface area contributed by atoms with Gasteiger partial charge in [-0.3, -0.25) is 0 Å². The molecule has 0 N–H and O–H groups in total. The van der Waals surface area contributed by atoms with E-state index < -0.39 is 0 Å². The number of benzene rings is 1. The Morgan fingerprint density at radius 1 is 1.46 bits per heavy atom. The Kier molecular flexibility index (Phi) is 3.83. The summed E-state index contributed by atoms with van der Waals surface area (Å²) in [5, 5.41) is 1.45. The molecule has 0 unspecified atom stereocenters. The van der Waals surface area contributed by atoms with Crippen molar-refractivity contribution in [3.8, 4) is 0 Å². The van der Waals surface area contributed by atoms with Gasteiger partial charge in [0, 0.05) is 16.0 Å². The van der Waals surface area contributed by atoms with Crippen molar-refractivity contribution in [1.82, 2.24) is 0 Å². The average molecular weight is 214 g/mol. The molecule has 2 heteroatoms. The lowest BCUT2D eigenvalue weighted by molar-refractivity contribution is 1.03. The first-order valence-corrected chi connectivity index (χ1v) is 4.79. The van der Waals surface area contributed by atoms with Gasteiger partial charge in [-0.1, -0.05) is 36.2 Å². The monoisotopic (exact) mass is 213 g/mol. The number of hydrogen-bond donors (Lipinski definition) is 0. The van der Waals surface area contributed by atoms with Gasteiger partial charge < -0.3 is 0 Å². The molecule has 0 aliphatic heterocycles. The Labute approximate surface area is 89.2 Å². The summed E-state index contributed by atoms with van der Waals surface area (Å²) in [6.45, 7) is 5.71. The molecule has 0 bridgehead atoms. The van der Waals surface area contributed by atoms with E-state index in [-0.39, 0.29) is 0 Å². The Morgan fingerprint density at radius 3 is 2.77 bits per heavy atom. The van der Waals surface area contributed by atoms with Gasteiger partial charge in [-0.05, 0) is 30.2 Å². The zero-order valence-electron chi connectivity index (χ0n) is 7.48. The molecule has 1 radical (unpaired) electrons. The molecule has 1 rings (SSSR count). The van der Waals surface area contributed by atoms with E-state index in [2.05, 4.69) is 6.58 Å². The quantitative estimate of drug-likeness (QED) is 0.649. The minimum atomic E-state index is 0.711. The van der Waals surface area contributed by atoms with E-state index >= 15 is 0 Å². The van der Waals surface area contributed by atoms with Gasteiger partial charge in [0.1, 0.15) is 0 Å². The molecule has 0 saturated carbocycles. The molecule has 0 amide bonds. The van der Waals surface area contributed by atoms with Crippen molar-refractivity contribution in [2.45, 2.75) is 13.3 Å². The van der Waals surface area contributed by atoms with Crippen LogP contribution in [0.4, 0.5) is 0 Å².